The minimum atomic E-state index is -0.881. The van der Waals surface area contributed by atoms with Crippen molar-refractivity contribution in [2.45, 2.75) is 32.0 Å². The number of hydrogen-bond donors (Lipinski definition) is 1. The van der Waals surface area contributed by atoms with Crippen LogP contribution >= 0.6 is 0 Å². The molecule has 2 aliphatic heterocycles. The van der Waals surface area contributed by atoms with Gasteiger partial charge in [0.05, 0.1) is 18.8 Å². The summed E-state index contributed by atoms with van der Waals surface area (Å²) in [5, 5.41) is 11.4. The van der Waals surface area contributed by atoms with E-state index in [1.54, 1.807) is 6.92 Å². The van der Waals surface area contributed by atoms with Crippen molar-refractivity contribution in [1.82, 2.24) is 0 Å². The molecule has 38 heavy (non-hydrogen) atoms. The van der Waals surface area contributed by atoms with Gasteiger partial charge in [0.15, 0.2) is 5.60 Å². The minimum Gasteiger partial charge on any atom is -0.472 e. The second-order valence-corrected chi connectivity index (χ2v) is 9.88. The Morgan fingerprint density at radius 2 is 1.71 bits per heavy atom. The molecule has 0 spiro atoms. The van der Waals surface area contributed by atoms with Gasteiger partial charge in [0.1, 0.15) is 5.75 Å². The van der Waals surface area contributed by atoms with E-state index in [0.717, 1.165) is 40.6 Å². The maximum absolute atomic E-state index is 13.0. The molecule has 0 aliphatic carbocycles. The van der Waals surface area contributed by atoms with Gasteiger partial charge in [-0.3, -0.25) is 0 Å². The third-order valence-electron chi connectivity index (χ3n) is 7.59. The lowest BCUT2D eigenvalue weighted by Gasteiger charge is -2.37. The number of hydrogen-bond acceptors (Lipinski definition) is 5. The Morgan fingerprint density at radius 1 is 0.974 bits per heavy atom. The molecular weight excluding hydrogens is 474 g/mol. The molecule has 2 aliphatic rings. The van der Waals surface area contributed by atoms with Crippen LogP contribution in [0.5, 0.6) is 5.75 Å². The van der Waals surface area contributed by atoms with Crippen molar-refractivity contribution in [1.29, 1.82) is 0 Å². The molecule has 1 N–H and O–H groups in total. The highest BCUT2D eigenvalue weighted by molar-refractivity contribution is 6.04. The number of nitrogens with zero attached hydrogens (tertiary/aromatic N) is 1. The van der Waals surface area contributed by atoms with Crippen LogP contribution in [-0.2, 0) is 16.9 Å². The van der Waals surface area contributed by atoms with Crippen molar-refractivity contribution in [3.8, 4) is 5.75 Å². The lowest BCUT2D eigenvalue weighted by atomic mass is 9.82. The van der Waals surface area contributed by atoms with E-state index >= 15 is 0 Å². The summed E-state index contributed by atoms with van der Waals surface area (Å²) < 4.78 is 12.4. The van der Waals surface area contributed by atoms with E-state index in [0.29, 0.717) is 16.9 Å². The molecule has 1 fully saturated rings. The number of anilines is 1. The van der Waals surface area contributed by atoms with Crippen LogP contribution in [0.25, 0.3) is 16.8 Å². The van der Waals surface area contributed by atoms with E-state index in [2.05, 4.69) is 41.3 Å². The quantitative estimate of drug-likeness (QED) is 0.305. The van der Waals surface area contributed by atoms with E-state index in [4.69, 9.17) is 9.47 Å². The number of aliphatic hydroxyl groups excluding tert-OH is 1. The molecule has 4 aromatic rings. The molecule has 0 bridgehead atoms. The monoisotopic (exact) mass is 505 g/mol. The Hall–Kier alpha value is -4.09. The van der Waals surface area contributed by atoms with Crippen LogP contribution in [0.2, 0.25) is 0 Å². The molecule has 0 amide bonds. The number of rotatable bonds is 6. The maximum atomic E-state index is 13.0. The number of carbonyl (C=O) groups is 1. The first kappa shape index (κ1) is 24.3. The third kappa shape index (κ3) is 4.13. The highest BCUT2D eigenvalue weighted by atomic mass is 16.5. The van der Waals surface area contributed by atoms with E-state index in [1.165, 1.54) is 18.5 Å². The van der Waals surface area contributed by atoms with E-state index in [9.17, 15) is 9.90 Å². The standard InChI is InChI=1S/C33H31NO4/c1-2-37-32(36)30-21-24-20-23(22-35)10-15-28(24)31-29(30)16-17-33(38-31,25-8-4-3-5-9-25)26-11-13-27(14-12-26)34-18-6-7-19-34/h3-5,8-17,20-21,35H,2,6-7,18-19,22H2,1H3. The van der Waals surface area contributed by atoms with Gasteiger partial charge in [-0.05, 0) is 67.1 Å². The van der Waals surface area contributed by atoms with E-state index in [-0.39, 0.29) is 13.2 Å². The lowest BCUT2D eigenvalue weighted by Crippen LogP contribution is -2.34. The fraction of sp³-hybridized carbons (Fsp3) is 0.242. The van der Waals surface area contributed by atoms with Gasteiger partial charge >= 0.3 is 5.97 Å². The maximum Gasteiger partial charge on any atom is 0.338 e. The summed E-state index contributed by atoms with van der Waals surface area (Å²) in [7, 11) is 0. The van der Waals surface area contributed by atoms with Crippen molar-refractivity contribution in [2.24, 2.45) is 0 Å². The van der Waals surface area contributed by atoms with Gasteiger partial charge in [0, 0.05) is 40.9 Å². The van der Waals surface area contributed by atoms with Gasteiger partial charge in [0.2, 0.25) is 0 Å². The van der Waals surface area contributed by atoms with Crippen LogP contribution in [0.1, 0.15) is 52.4 Å². The molecule has 4 aromatic carbocycles. The van der Waals surface area contributed by atoms with Crippen molar-refractivity contribution in [3.05, 3.63) is 113 Å². The van der Waals surface area contributed by atoms with Gasteiger partial charge < -0.3 is 19.5 Å². The summed E-state index contributed by atoms with van der Waals surface area (Å²) in [5.41, 5.74) is 4.27. The first-order chi connectivity index (χ1) is 18.6. The summed E-state index contributed by atoms with van der Waals surface area (Å²) in [6.45, 7) is 4.18. The zero-order valence-electron chi connectivity index (χ0n) is 21.5. The predicted octanol–water partition coefficient (Wildman–Crippen LogP) is 6.46. The highest BCUT2D eigenvalue weighted by Gasteiger charge is 2.39. The first-order valence-electron chi connectivity index (χ1n) is 13.3. The molecule has 1 atom stereocenters. The Kier molecular flexibility index (Phi) is 6.38. The Labute approximate surface area is 222 Å². The molecule has 1 saturated heterocycles. The second-order valence-electron chi connectivity index (χ2n) is 9.88. The molecule has 192 valence electrons. The molecule has 1 unspecified atom stereocenters. The molecule has 0 saturated carbocycles. The normalized spacial score (nSPS) is 18.3. The Bertz CT molecular complexity index is 1500. The highest BCUT2D eigenvalue weighted by Crippen LogP contribution is 2.46. The topological polar surface area (TPSA) is 59.0 Å². The number of ether oxygens (including phenoxy) is 2. The van der Waals surface area contributed by atoms with Gasteiger partial charge in [0.25, 0.3) is 0 Å². The Morgan fingerprint density at radius 3 is 2.42 bits per heavy atom. The molecule has 6 rings (SSSR count). The largest absolute Gasteiger partial charge is 0.472 e. The molecule has 2 heterocycles. The van der Waals surface area contributed by atoms with Crippen molar-refractivity contribution >= 4 is 28.5 Å². The molecule has 5 nitrogen and oxygen atoms in total. The number of fused-ring (bicyclic) bond motifs is 3. The summed E-state index contributed by atoms with van der Waals surface area (Å²) in [6, 6.07) is 26.4. The number of benzene rings is 4. The molecule has 5 heteroatoms. The summed E-state index contributed by atoms with van der Waals surface area (Å²) in [6.07, 6.45) is 6.50. The number of aliphatic hydroxyl groups is 1. The summed E-state index contributed by atoms with van der Waals surface area (Å²) in [5.74, 6) is 0.237. The molecule has 0 radical (unpaired) electrons. The van der Waals surface area contributed by atoms with Crippen molar-refractivity contribution < 1.29 is 19.4 Å². The van der Waals surface area contributed by atoms with Crippen LogP contribution in [0.15, 0.2) is 84.9 Å². The van der Waals surface area contributed by atoms with E-state index < -0.39 is 11.6 Å². The summed E-state index contributed by atoms with van der Waals surface area (Å²) >= 11 is 0. The fourth-order valence-corrected chi connectivity index (χ4v) is 5.64. The molecular formula is C33H31NO4. The molecule has 0 aromatic heterocycles. The van der Waals surface area contributed by atoms with Crippen LogP contribution in [0.3, 0.4) is 0 Å². The average molecular weight is 506 g/mol. The number of carbonyl (C=O) groups excluding carboxylic acids is 1. The van der Waals surface area contributed by atoms with Gasteiger partial charge in [-0.15, -0.1) is 0 Å². The lowest BCUT2D eigenvalue weighted by molar-refractivity contribution is 0.0525. The minimum absolute atomic E-state index is 0.0835. The van der Waals surface area contributed by atoms with Crippen molar-refractivity contribution in [2.75, 3.05) is 24.6 Å². The zero-order chi connectivity index (χ0) is 26.1. The van der Waals surface area contributed by atoms with Crippen LogP contribution in [0, 0.1) is 0 Å². The zero-order valence-corrected chi connectivity index (χ0v) is 21.5. The number of esters is 1. The average Bonchev–Trinajstić information content (AvgIpc) is 3.52. The summed E-state index contributed by atoms with van der Waals surface area (Å²) in [4.78, 5) is 15.4. The van der Waals surface area contributed by atoms with Crippen LogP contribution in [0.4, 0.5) is 5.69 Å². The van der Waals surface area contributed by atoms with Gasteiger partial charge in [-0.1, -0.05) is 54.6 Å². The SMILES string of the molecule is CCOC(=O)c1cc2cc(CO)ccc2c2c1C=CC(c1ccccc1)(c1ccc(N3CCCC3)cc1)O2. The van der Waals surface area contributed by atoms with Gasteiger partial charge in [-0.25, -0.2) is 4.79 Å². The predicted molar refractivity (Wildman–Crippen MR) is 151 cm³/mol. The smallest absolute Gasteiger partial charge is 0.338 e. The Balaban J connectivity index is 1.54. The van der Waals surface area contributed by atoms with Crippen LogP contribution in [-0.4, -0.2) is 30.8 Å². The van der Waals surface area contributed by atoms with Crippen molar-refractivity contribution in [3.63, 3.8) is 0 Å². The first-order valence-corrected chi connectivity index (χ1v) is 13.3. The van der Waals surface area contributed by atoms with Crippen LogP contribution < -0.4 is 9.64 Å². The second kappa shape index (κ2) is 9.99. The fourth-order valence-electron chi connectivity index (χ4n) is 5.64. The third-order valence-corrected chi connectivity index (χ3v) is 7.59. The van der Waals surface area contributed by atoms with Gasteiger partial charge in [-0.2, -0.15) is 0 Å². The van der Waals surface area contributed by atoms with E-state index in [1.807, 2.05) is 54.6 Å².